The van der Waals surface area contributed by atoms with E-state index in [1.165, 1.54) is 0 Å². The molecule has 0 aliphatic carbocycles. The van der Waals surface area contributed by atoms with Gasteiger partial charge in [0.15, 0.2) is 11.5 Å². The third-order valence-corrected chi connectivity index (χ3v) is 4.21. The number of rotatable bonds is 5. The molecule has 0 bridgehead atoms. The van der Waals surface area contributed by atoms with Crippen molar-refractivity contribution in [2.45, 2.75) is 18.9 Å². The summed E-state index contributed by atoms with van der Waals surface area (Å²) in [6.07, 6.45) is 2.30. The van der Waals surface area contributed by atoms with Gasteiger partial charge in [0.2, 0.25) is 6.79 Å². The van der Waals surface area contributed by atoms with Gasteiger partial charge in [-0.25, -0.2) is 0 Å². The summed E-state index contributed by atoms with van der Waals surface area (Å²) in [5.41, 5.74) is 1.22. The number of hydrogen-bond acceptors (Lipinski definition) is 5. The molecule has 25 heavy (non-hydrogen) atoms. The molecule has 2 aliphatic rings. The van der Waals surface area contributed by atoms with Crippen LogP contribution in [0.4, 0.5) is 5.69 Å². The molecule has 4 rings (SSSR count). The van der Waals surface area contributed by atoms with Crippen LogP contribution >= 0.6 is 0 Å². The molecule has 1 amide bonds. The number of amides is 1. The van der Waals surface area contributed by atoms with E-state index in [-0.39, 0.29) is 18.8 Å². The predicted octanol–water partition coefficient (Wildman–Crippen LogP) is 3.23. The lowest BCUT2D eigenvalue weighted by molar-refractivity contribution is 0.0679. The zero-order valence-corrected chi connectivity index (χ0v) is 13.7. The molecule has 0 radical (unpaired) electrons. The maximum atomic E-state index is 12.3. The maximum absolute atomic E-state index is 12.3. The number of hydrogen-bond donors (Lipinski definition) is 1. The van der Waals surface area contributed by atoms with E-state index in [0.29, 0.717) is 29.4 Å². The zero-order chi connectivity index (χ0) is 17.1. The molecule has 0 saturated carbocycles. The van der Waals surface area contributed by atoms with Crippen molar-refractivity contribution in [2.75, 3.05) is 25.3 Å². The van der Waals surface area contributed by atoms with Crippen molar-refractivity contribution < 1.29 is 23.7 Å². The largest absolute Gasteiger partial charge is 0.491 e. The molecule has 0 spiro atoms. The Morgan fingerprint density at radius 2 is 1.96 bits per heavy atom. The van der Waals surface area contributed by atoms with Gasteiger partial charge in [-0.05, 0) is 49.2 Å². The Morgan fingerprint density at radius 3 is 2.76 bits per heavy atom. The molecular weight excluding hydrogens is 322 g/mol. The van der Waals surface area contributed by atoms with Crippen LogP contribution in [0.5, 0.6) is 17.2 Å². The molecule has 6 heteroatoms. The summed E-state index contributed by atoms with van der Waals surface area (Å²) >= 11 is 0. The predicted molar refractivity (Wildman–Crippen MR) is 91.4 cm³/mol. The fourth-order valence-corrected chi connectivity index (χ4v) is 2.85. The Labute approximate surface area is 145 Å². The molecule has 0 unspecified atom stereocenters. The molecule has 1 saturated heterocycles. The lowest BCUT2D eigenvalue weighted by Gasteiger charge is -2.12. The molecule has 2 aliphatic heterocycles. The average Bonchev–Trinajstić information content (AvgIpc) is 3.31. The Morgan fingerprint density at radius 1 is 1.12 bits per heavy atom. The minimum absolute atomic E-state index is 0.175. The minimum atomic E-state index is -0.190. The van der Waals surface area contributed by atoms with Gasteiger partial charge < -0.3 is 24.3 Å². The topological polar surface area (TPSA) is 66.0 Å². The quantitative estimate of drug-likeness (QED) is 0.904. The SMILES string of the molecule is O=C(Nc1ccc2c(c1)OCO2)c1ccc(OC[C@@H]2CCCO2)cc1. The van der Waals surface area contributed by atoms with Crippen molar-refractivity contribution in [3.05, 3.63) is 48.0 Å². The van der Waals surface area contributed by atoms with E-state index < -0.39 is 0 Å². The lowest BCUT2D eigenvalue weighted by atomic mass is 10.2. The molecule has 1 atom stereocenters. The van der Waals surface area contributed by atoms with E-state index in [2.05, 4.69) is 5.32 Å². The third-order valence-electron chi connectivity index (χ3n) is 4.21. The van der Waals surface area contributed by atoms with E-state index in [9.17, 15) is 4.79 Å². The normalized spacial score (nSPS) is 18.2. The number of fused-ring (bicyclic) bond motifs is 1. The second-order valence-electron chi connectivity index (χ2n) is 5.99. The summed E-state index contributed by atoms with van der Waals surface area (Å²) < 4.78 is 21.8. The molecule has 2 aromatic carbocycles. The standard InChI is InChI=1S/C19H19NO5/c21-19(20-14-5-8-17-18(10-14)25-12-24-17)13-3-6-15(7-4-13)23-11-16-2-1-9-22-16/h3-8,10,16H,1-2,9,11-12H2,(H,20,21)/t16-/m0/s1. The summed E-state index contributed by atoms with van der Waals surface area (Å²) in [4.78, 5) is 12.3. The van der Waals surface area contributed by atoms with Crippen molar-refractivity contribution in [3.63, 3.8) is 0 Å². The molecule has 1 fully saturated rings. The monoisotopic (exact) mass is 341 g/mol. The Bertz CT molecular complexity index is 753. The number of carbonyl (C=O) groups excluding carboxylic acids is 1. The van der Waals surface area contributed by atoms with Crippen molar-refractivity contribution in [2.24, 2.45) is 0 Å². The van der Waals surface area contributed by atoms with Crippen LogP contribution in [0.25, 0.3) is 0 Å². The second-order valence-corrected chi connectivity index (χ2v) is 5.99. The first kappa shape index (κ1) is 15.8. The number of ether oxygens (including phenoxy) is 4. The highest BCUT2D eigenvalue weighted by Gasteiger charge is 2.17. The molecule has 2 aromatic rings. The lowest BCUT2D eigenvalue weighted by Crippen LogP contribution is -2.16. The Hall–Kier alpha value is -2.73. The average molecular weight is 341 g/mol. The molecular formula is C19H19NO5. The summed E-state index contributed by atoms with van der Waals surface area (Å²) in [6.45, 7) is 1.57. The highest BCUT2D eigenvalue weighted by atomic mass is 16.7. The van der Waals surface area contributed by atoms with Gasteiger partial charge in [-0.15, -0.1) is 0 Å². The van der Waals surface area contributed by atoms with Crippen molar-refractivity contribution in [1.82, 2.24) is 0 Å². The summed E-state index contributed by atoms with van der Waals surface area (Å²) in [5, 5.41) is 2.85. The van der Waals surface area contributed by atoms with Gasteiger partial charge >= 0.3 is 0 Å². The van der Waals surface area contributed by atoms with Crippen LogP contribution in [0.2, 0.25) is 0 Å². The molecule has 0 aromatic heterocycles. The fraction of sp³-hybridized carbons (Fsp3) is 0.316. The van der Waals surface area contributed by atoms with E-state index >= 15 is 0 Å². The van der Waals surface area contributed by atoms with Gasteiger partial charge in [0, 0.05) is 23.9 Å². The summed E-state index contributed by atoms with van der Waals surface area (Å²) in [7, 11) is 0. The van der Waals surface area contributed by atoms with Crippen molar-refractivity contribution in [3.8, 4) is 17.2 Å². The van der Waals surface area contributed by atoms with Gasteiger partial charge in [-0.2, -0.15) is 0 Å². The van der Waals surface area contributed by atoms with Crippen molar-refractivity contribution >= 4 is 11.6 Å². The number of carbonyl (C=O) groups is 1. The minimum Gasteiger partial charge on any atom is -0.491 e. The number of benzene rings is 2. The van der Waals surface area contributed by atoms with Crippen LogP contribution in [0.3, 0.4) is 0 Å². The Balaban J connectivity index is 1.35. The number of anilines is 1. The highest BCUT2D eigenvalue weighted by molar-refractivity contribution is 6.04. The third kappa shape index (κ3) is 3.69. The smallest absolute Gasteiger partial charge is 0.255 e. The van der Waals surface area contributed by atoms with Gasteiger partial charge in [-0.3, -0.25) is 4.79 Å². The molecule has 1 N–H and O–H groups in total. The van der Waals surface area contributed by atoms with E-state index in [1.807, 2.05) is 0 Å². The van der Waals surface area contributed by atoms with E-state index in [0.717, 1.165) is 25.2 Å². The molecule has 6 nitrogen and oxygen atoms in total. The zero-order valence-electron chi connectivity index (χ0n) is 13.7. The van der Waals surface area contributed by atoms with Crippen LogP contribution in [0, 0.1) is 0 Å². The van der Waals surface area contributed by atoms with Crippen LogP contribution in [0.1, 0.15) is 23.2 Å². The van der Waals surface area contributed by atoms with Gasteiger partial charge in [0.05, 0.1) is 6.10 Å². The molecule has 130 valence electrons. The van der Waals surface area contributed by atoms with E-state index in [1.54, 1.807) is 42.5 Å². The van der Waals surface area contributed by atoms with Gasteiger partial charge in [0.1, 0.15) is 12.4 Å². The van der Waals surface area contributed by atoms with E-state index in [4.69, 9.17) is 18.9 Å². The first-order valence-electron chi connectivity index (χ1n) is 8.33. The van der Waals surface area contributed by atoms with Crippen LogP contribution in [0.15, 0.2) is 42.5 Å². The van der Waals surface area contributed by atoms with Crippen LogP contribution < -0.4 is 19.5 Å². The number of nitrogens with one attached hydrogen (secondary N) is 1. The van der Waals surface area contributed by atoms with Crippen LogP contribution in [-0.4, -0.2) is 32.0 Å². The second kappa shape index (κ2) is 7.03. The summed E-state index contributed by atoms with van der Waals surface area (Å²) in [6, 6.07) is 12.4. The van der Waals surface area contributed by atoms with Crippen molar-refractivity contribution in [1.29, 1.82) is 0 Å². The maximum Gasteiger partial charge on any atom is 0.255 e. The van der Waals surface area contributed by atoms with Gasteiger partial charge in [-0.1, -0.05) is 0 Å². The highest BCUT2D eigenvalue weighted by Crippen LogP contribution is 2.34. The first-order valence-corrected chi connectivity index (χ1v) is 8.33. The first-order chi connectivity index (χ1) is 12.3. The summed E-state index contributed by atoms with van der Waals surface area (Å²) in [5.74, 6) is 1.86. The fourth-order valence-electron chi connectivity index (χ4n) is 2.85. The van der Waals surface area contributed by atoms with Crippen LogP contribution in [-0.2, 0) is 4.74 Å². The Kier molecular flexibility index (Phi) is 4.43. The molecule has 2 heterocycles. The van der Waals surface area contributed by atoms with Gasteiger partial charge in [0.25, 0.3) is 5.91 Å².